The summed E-state index contributed by atoms with van der Waals surface area (Å²) in [6.45, 7) is 9.56. The van der Waals surface area contributed by atoms with Crippen LogP contribution in [0.25, 0.3) is 0 Å². The van der Waals surface area contributed by atoms with Crippen LogP contribution in [0.15, 0.2) is 0 Å². The fraction of sp³-hybridized carbons (Fsp3) is 0.952. The topological polar surface area (TPSA) is 237 Å². The molecule has 0 aliphatic carbocycles. The van der Waals surface area contributed by atoms with E-state index < -0.39 is 97.5 Å². The summed E-state index contributed by atoms with van der Waals surface area (Å²) in [6.07, 6.45) is 65.6. The van der Waals surface area contributed by atoms with Crippen LogP contribution < -0.4 is 0 Å². The Hall–Kier alpha value is -1.94. The highest BCUT2D eigenvalue weighted by Crippen LogP contribution is 2.45. The minimum atomic E-state index is -4.96. The number of hydrogen-bond donors (Lipinski definition) is 3. The van der Waals surface area contributed by atoms with E-state index in [1.807, 2.05) is 0 Å². The van der Waals surface area contributed by atoms with Gasteiger partial charge in [0.1, 0.15) is 19.3 Å². The molecule has 0 heterocycles. The molecule has 0 saturated carbocycles. The third kappa shape index (κ3) is 76.3. The molecule has 0 amide bonds. The maximum Gasteiger partial charge on any atom is 0.472 e. The first-order valence-electron chi connectivity index (χ1n) is 43.0. The number of hydrogen-bond acceptors (Lipinski definition) is 15. The molecule has 0 aromatic carbocycles. The molecule has 0 aromatic rings. The number of aliphatic hydroxyl groups excluding tert-OH is 1. The van der Waals surface area contributed by atoms with Gasteiger partial charge in [-0.1, -0.05) is 388 Å². The summed E-state index contributed by atoms with van der Waals surface area (Å²) in [5.41, 5.74) is 0. The summed E-state index contributed by atoms with van der Waals surface area (Å²) < 4.78 is 68.7. The number of phosphoric acid groups is 2. The first-order chi connectivity index (χ1) is 49.4. The Morgan fingerprint density at radius 1 is 0.265 bits per heavy atom. The third-order valence-electron chi connectivity index (χ3n) is 19.5. The van der Waals surface area contributed by atoms with E-state index in [9.17, 15) is 43.2 Å². The summed E-state index contributed by atoms with van der Waals surface area (Å²) in [6, 6.07) is 0. The highest BCUT2D eigenvalue weighted by Gasteiger charge is 2.30. The molecule has 19 heteroatoms. The Bertz CT molecular complexity index is 1960. The zero-order chi connectivity index (χ0) is 74.9. The van der Waals surface area contributed by atoms with Gasteiger partial charge in [0, 0.05) is 25.7 Å². The van der Waals surface area contributed by atoms with Crippen molar-refractivity contribution in [3.05, 3.63) is 0 Å². The van der Waals surface area contributed by atoms with Crippen LogP contribution in [-0.2, 0) is 65.4 Å². The first-order valence-corrected chi connectivity index (χ1v) is 46.0. The van der Waals surface area contributed by atoms with E-state index in [4.69, 9.17) is 37.0 Å². The van der Waals surface area contributed by atoms with Crippen LogP contribution in [0.5, 0.6) is 0 Å². The molecule has 2 unspecified atom stereocenters. The maximum absolute atomic E-state index is 13.1. The number of ether oxygens (including phenoxy) is 4. The van der Waals surface area contributed by atoms with Crippen molar-refractivity contribution in [3.63, 3.8) is 0 Å². The van der Waals surface area contributed by atoms with Crippen molar-refractivity contribution in [2.45, 2.75) is 458 Å². The zero-order valence-electron chi connectivity index (χ0n) is 66.9. The average Bonchev–Trinajstić information content (AvgIpc) is 0.966. The molecule has 0 bridgehead atoms. The second-order valence-corrected chi connectivity index (χ2v) is 33.7. The van der Waals surface area contributed by atoms with E-state index in [1.54, 1.807) is 0 Å². The zero-order valence-corrected chi connectivity index (χ0v) is 68.7. The van der Waals surface area contributed by atoms with E-state index in [-0.39, 0.29) is 25.7 Å². The monoisotopic (exact) mass is 1490 g/mol. The number of esters is 4. The van der Waals surface area contributed by atoms with Gasteiger partial charge in [0.05, 0.1) is 26.4 Å². The SMILES string of the molecule is CCCCCCCCCCCCCCCCCCCCCCCCC(=O)O[C@H](COC(=O)CCCCCCCCCCCCCCCCCCC)COP(=O)(O)OC[C@@H](O)COP(=O)(O)OC[C@@H](COC(=O)CCCCCCCCC(C)C)OC(=O)CCCCCCCCCCCCCC(C)C. The molecule has 17 nitrogen and oxygen atoms in total. The van der Waals surface area contributed by atoms with Gasteiger partial charge in [-0.2, -0.15) is 0 Å². The standard InChI is InChI=1S/C83H162O17P2/c1-7-9-11-13-15-17-19-21-23-25-26-27-28-29-31-33-35-39-43-47-55-61-67-82(87)99-78(71-93-80(85)65-59-53-46-42-38-34-32-30-24-22-20-18-16-14-12-10-8-2)73-97-101(89,90)95-69-77(84)70-96-102(91,92)98-74-79(72-94-81(86)66-60-54-50-49-52-58-64-76(5)6)100-83(88)68-62-56-48-44-40-36-37-41-45-51-57-63-75(3)4/h75-79,84H,7-74H2,1-6H3,(H,89,90)(H,91,92)/t77-,78-,79-/m1/s1. The molecular formula is C83H162O17P2. The summed E-state index contributed by atoms with van der Waals surface area (Å²) in [4.78, 5) is 73.0. The summed E-state index contributed by atoms with van der Waals surface area (Å²) >= 11 is 0. The van der Waals surface area contributed by atoms with Crippen LogP contribution in [0, 0.1) is 11.8 Å². The quantitative estimate of drug-likeness (QED) is 0.0222. The van der Waals surface area contributed by atoms with Crippen LogP contribution in [0.3, 0.4) is 0 Å². The lowest BCUT2D eigenvalue weighted by molar-refractivity contribution is -0.161. The van der Waals surface area contributed by atoms with Gasteiger partial charge in [-0.15, -0.1) is 0 Å². The maximum atomic E-state index is 13.1. The minimum Gasteiger partial charge on any atom is -0.462 e. The van der Waals surface area contributed by atoms with Crippen molar-refractivity contribution >= 4 is 39.5 Å². The van der Waals surface area contributed by atoms with Crippen LogP contribution in [0.4, 0.5) is 0 Å². The van der Waals surface area contributed by atoms with Crippen molar-refractivity contribution in [2.24, 2.45) is 11.8 Å². The molecule has 0 fully saturated rings. The average molecular weight is 1490 g/mol. The van der Waals surface area contributed by atoms with Crippen molar-refractivity contribution < 1.29 is 80.2 Å². The van der Waals surface area contributed by atoms with Crippen molar-refractivity contribution in [2.75, 3.05) is 39.6 Å². The first kappa shape index (κ1) is 100. The second kappa shape index (κ2) is 74.5. The molecule has 3 N–H and O–H groups in total. The number of carbonyl (C=O) groups excluding carboxylic acids is 4. The van der Waals surface area contributed by atoms with Gasteiger partial charge in [0.15, 0.2) is 12.2 Å². The minimum absolute atomic E-state index is 0.106. The number of aliphatic hydroxyl groups is 1. The molecular weight excluding hydrogens is 1330 g/mol. The molecule has 0 rings (SSSR count). The van der Waals surface area contributed by atoms with E-state index in [2.05, 4.69) is 41.5 Å². The van der Waals surface area contributed by atoms with E-state index in [0.29, 0.717) is 31.6 Å². The molecule has 0 radical (unpaired) electrons. The number of carbonyl (C=O) groups is 4. The van der Waals surface area contributed by atoms with Gasteiger partial charge in [0.25, 0.3) is 0 Å². The summed E-state index contributed by atoms with van der Waals surface area (Å²) in [7, 11) is -9.92. The Labute approximate surface area is 626 Å². The predicted molar refractivity (Wildman–Crippen MR) is 418 cm³/mol. The van der Waals surface area contributed by atoms with Gasteiger partial charge in [-0.05, 0) is 37.5 Å². The summed E-state index contributed by atoms with van der Waals surface area (Å²) in [5, 5.41) is 10.6. The highest BCUT2D eigenvalue weighted by atomic mass is 31.2. The molecule has 0 aliphatic rings. The van der Waals surface area contributed by atoms with Gasteiger partial charge in [0.2, 0.25) is 0 Å². The molecule has 0 saturated heterocycles. The van der Waals surface area contributed by atoms with Gasteiger partial charge in [-0.3, -0.25) is 37.3 Å². The largest absolute Gasteiger partial charge is 0.472 e. The summed E-state index contributed by atoms with van der Waals surface area (Å²) in [5.74, 6) is -0.665. The Balaban J connectivity index is 5.20. The molecule has 102 heavy (non-hydrogen) atoms. The second-order valence-electron chi connectivity index (χ2n) is 30.8. The van der Waals surface area contributed by atoms with Gasteiger partial charge in [-0.25, -0.2) is 9.13 Å². The lowest BCUT2D eigenvalue weighted by Crippen LogP contribution is -2.30. The van der Waals surface area contributed by atoms with Gasteiger partial charge >= 0.3 is 39.5 Å². The Morgan fingerprint density at radius 3 is 0.667 bits per heavy atom. The lowest BCUT2D eigenvalue weighted by atomic mass is 10.0. The number of unbranched alkanes of at least 4 members (excludes halogenated alkanes) is 52. The van der Waals surface area contributed by atoms with Crippen molar-refractivity contribution in [1.82, 2.24) is 0 Å². The molecule has 0 aromatic heterocycles. The van der Waals surface area contributed by atoms with E-state index in [1.165, 1.54) is 250 Å². The van der Waals surface area contributed by atoms with Crippen LogP contribution in [-0.4, -0.2) is 96.7 Å². The smallest absolute Gasteiger partial charge is 0.462 e. The predicted octanol–water partition coefficient (Wildman–Crippen LogP) is 25.1. The number of rotatable bonds is 82. The van der Waals surface area contributed by atoms with Crippen LogP contribution in [0.1, 0.15) is 440 Å². The van der Waals surface area contributed by atoms with Crippen molar-refractivity contribution in [1.29, 1.82) is 0 Å². The molecule has 5 atom stereocenters. The van der Waals surface area contributed by atoms with Gasteiger partial charge < -0.3 is 33.8 Å². The van der Waals surface area contributed by atoms with Crippen molar-refractivity contribution in [3.8, 4) is 0 Å². The fourth-order valence-electron chi connectivity index (χ4n) is 12.9. The lowest BCUT2D eigenvalue weighted by Gasteiger charge is -2.21. The normalized spacial score (nSPS) is 13.9. The fourth-order valence-corrected chi connectivity index (χ4v) is 14.5. The van der Waals surface area contributed by atoms with E-state index in [0.717, 1.165) is 102 Å². The Morgan fingerprint density at radius 2 is 0.451 bits per heavy atom. The van der Waals surface area contributed by atoms with E-state index >= 15 is 0 Å². The number of phosphoric ester groups is 2. The molecule has 606 valence electrons. The van der Waals surface area contributed by atoms with Crippen LogP contribution in [0.2, 0.25) is 0 Å². The Kier molecular flexibility index (Phi) is 73.1. The molecule has 0 aliphatic heterocycles. The third-order valence-corrected chi connectivity index (χ3v) is 21.4. The van der Waals surface area contributed by atoms with Crippen LogP contribution >= 0.6 is 15.6 Å². The molecule has 0 spiro atoms. The highest BCUT2D eigenvalue weighted by molar-refractivity contribution is 7.47.